The SMILES string of the molecule is CCC(C)C(C)(O)CNC(=O)c1ccnc(-n2ccnc2)c1. The minimum atomic E-state index is -0.926. The Hall–Kier alpha value is -2.21. The van der Waals surface area contributed by atoms with E-state index in [1.165, 1.54) is 0 Å². The first-order valence-electron chi connectivity index (χ1n) is 7.39. The van der Waals surface area contributed by atoms with Crippen molar-refractivity contribution >= 4 is 5.91 Å². The molecule has 118 valence electrons. The molecule has 2 aromatic heterocycles. The van der Waals surface area contributed by atoms with Crippen LogP contribution < -0.4 is 5.32 Å². The highest BCUT2D eigenvalue weighted by atomic mass is 16.3. The molecule has 0 saturated heterocycles. The quantitative estimate of drug-likeness (QED) is 0.852. The predicted molar refractivity (Wildman–Crippen MR) is 83.8 cm³/mol. The third-order valence-corrected chi connectivity index (χ3v) is 4.06. The van der Waals surface area contributed by atoms with Crippen molar-refractivity contribution in [1.82, 2.24) is 19.9 Å². The monoisotopic (exact) mass is 302 g/mol. The van der Waals surface area contributed by atoms with Crippen molar-refractivity contribution in [2.45, 2.75) is 32.8 Å². The number of imidazole rings is 1. The summed E-state index contributed by atoms with van der Waals surface area (Å²) in [4.78, 5) is 20.4. The summed E-state index contributed by atoms with van der Waals surface area (Å²) < 4.78 is 1.73. The molecule has 0 spiro atoms. The van der Waals surface area contributed by atoms with E-state index in [4.69, 9.17) is 0 Å². The van der Waals surface area contributed by atoms with Gasteiger partial charge in [-0.15, -0.1) is 0 Å². The molecular formula is C16H22N4O2. The topological polar surface area (TPSA) is 80.0 Å². The maximum absolute atomic E-state index is 12.2. The molecule has 0 aromatic carbocycles. The molecule has 0 saturated carbocycles. The third-order valence-electron chi connectivity index (χ3n) is 4.06. The third kappa shape index (κ3) is 3.71. The molecule has 2 heterocycles. The van der Waals surface area contributed by atoms with E-state index in [9.17, 15) is 9.90 Å². The first kappa shape index (κ1) is 16.2. The van der Waals surface area contributed by atoms with Gasteiger partial charge in [0, 0.05) is 30.7 Å². The second-order valence-electron chi connectivity index (χ2n) is 5.72. The Labute approximate surface area is 130 Å². The number of nitrogens with zero attached hydrogens (tertiary/aromatic N) is 3. The van der Waals surface area contributed by atoms with E-state index in [-0.39, 0.29) is 18.4 Å². The van der Waals surface area contributed by atoms with Crippen molar-refractivity contribution in [2.75, 3.05) is 6.54 Å². The molecule has 2 atom stereocenters. The molecule has 1 amide bonds. The van der Waals surface area contributed by atoms with E-state index in [0.717, 1.165) is 6.42 Å². The van der Waals surface area contributed by atoms with Crippen LogP contribution in [-0.2, 0) is 0 Å². The van der Waals surface area contributed by atoms with Gasteiger partial charge in [-0.1, -0.05) is 20.3 Å². The molecule has 2 aromatic rings. The average Bonchev–Trinajstić information content (AvgIpc) is 3.06. The molecule has 0 fully saturated rings. The fraction of sp³-hybridized carbons (Fsp3) is 0.438. The van der Waals surface area contributed by atoms with Gasteiger partial charge in [0.15, 0.2) is 0 Å². The van der Waals surface area contributed by atoms with Crippen molar-refractivity contribution in [3.8, 4) is 5.82 Å². The van der Waals surface area contributed by atoms with E-state index in [2.05, 4.69) is 15.3 Å². The summed E-state index contributed by atoms with van der Waals surface area (Å²) in [5, 5.41) is 13.1. The van der Waals surface area contributed by atoms with Crippen LogP contribution in [0.5, 0.6) is 0 Å². The Balaban J connectivity index is 2.06. The van der Waals surface area contributed by atoms with E-state index < -0.39 is 5.60 Å². The molecule has 2 rings (SSSR count). The fourth-order valence-corrected chi connectivity index (χ4v) is 2.07. The smallest absolute Gasteiger partial charge is 0.251 e. The van der Waals surface area contributed by atoms with Crippen molar-refractivity contribution in [1.29, 1.82) is 0 Å². The van der Waals surface area contributed by atoms with Gasteiger partial charge in [0.1, 0.15) is 12.1 Å². The molecule has 0 radical (unpaired) electrons. The number of aliphatic hydroxyl groups is 1. The first-order chi connectivity index (χ1) is 10.4. The number of rotatable bonds is 6. The number of hydrogen-bond acceptors (Lipinski definition) is 4. The molecule has 6 nitrogen and oxygen atoms in total. The maximum Gasteiger partial charge on any atom is 0.251 e. The minimum Gasteiger partial charge on any atom is -0.388 e. The van der Waals surface area contributed by atoms with Crippen LogP contribution in [0.2, 0.25) is 0 Å². The van der Waals surface area contributed by atoms with Crippen LogP contribution in [0.3, 0.4) is 0 Å². The average molecular weight is 302 g/mol. The zero-order chi connectivity index (χ0) is 16.2. The van der Waals surface area contributed by atoms with Gasteiger partial charge in [-0.2, -0.15) is 0 Å². The van der Waals surface area contributed by atoms with Crippen LogP contribution in [0, 0.1) is 5.92 Å². The van der Waals surface area contributed by atoms with Crippen LogP contribution >= 0.6 is 0 Å². The molecule has 6 heteroatoms. The van der Waals surface area contributed by atoms with Gasteiger partial charge in [0.25, 0.3) is 5.91 Å². The van der Waals surface area contributed by atoms with Gasteiger partial charge in [-0.25, -0.2) is 9.97 Å². The Morgan fingerprint density at radius 3 is 2.91 bits per heavy atom. The second-order valence-corrected chi connectivity index (χ2v) is 5.72. The number of pyridine rings is 1. The van der Waals surface area contributed by atoms with E-state index >= 15 is 0 Å². The van der Waals surface area contributed by atoms with Crippen LogP contribution in [-0.4, -0.2) is 37.7 Å². The summed E-state index contributed by atoms with van der Waals surface area (Å²) >= 11 is 0. The van der Waals surface area contributed by atoms with E-state index in [1.54, 1.807) is 48.5 Å². The molecule has 22 heavy (non-hydrogen) atoms. The number of amides is 1. The van der Waals surface area contributed by atoms with Gasteiger partial charge in [-0.05, 0) is 25.0 Å². The van der Waals surface area contributed by atoms with Gasteiger partial charge in [0.05, 0.1) is 5.60 Å². The highest BCUT2D eigenvalue weighted by Crippen LogP contribution is 2.19. The van der Waals surface area contributed by atoms with E-state index in [1.807, 2.05) is 13.8 Å². The lowest BCUT2D eigenvalue weighted by molar-refractivity contribution is 0.00592. The maximum atomic E-state index is 12.2. The number of nitrogens with one attached hydrogen (secondary N) is 1. The second kappa shape index (κ2) is 6.70. The van der Waals surface area contributed by atoms with Gasteiger partial charge in [-0.3, -0.25) is 9.36 Å². The fourth-order valence-electron chi connectivity index (χ4n) is 2.07. The summed E-state index contributed by atoms with van der Waals surface area (Å²) in [5.41, 5.74) is -0.427. The van der Waals surface area contributed by atoms with Crippen LogP contribution in [0.25, 0.3) is 5.82 Å². The summed E-state index contributed by atoms with van der Waals surface area (Å²) in [6.07, 6.45) is 7.47. The lowest BCUT2D eigenvalue weighted by Gasteiger charge is -2.29. The van der Waals surface area contributed by atoms with Crippen LogP contribution in [0.15, 0.2) is 37.1 Å². The molecule has 0 bridgehead atoms. The number of carbonyl (C=O) groups excluding carboxylic acids is 1. The Bertz CT molecular complexity index is 623. The summed E-state index contributed by atoms with van der Waals surface area (Å²) in [7, 11) is 0. The number of aromatic nitrogens is 3. The minimum absolute atomic E-state index is 0.103. The molecule has 2 unspecified atom stereocenters. The lowest BCUT2D eigenvalue weighted by Crippen LogP contribution is -2.45. The molecule has 2 N–H and O–H groups in total. The molecule has 0 aliphatic rings. The van der Waals surface area contributed by atoms with Crippen LogP contribution in [0.1, 0.15) is 37.6 Å². The molecule has 0 aliphatic carbocycles. The Kier molecular flexibility index (Phi) is 4.92. The zero-order valence-corrected chi connectivity index (χ0v) is 13.2. The van der Waals surface area contributed by atoms with Crippen LogP contribution in [0.4, 0.5) is 0 Å². The first-order valence-corrected chi connectivity index (χ1v) is 7.39. The largest absolute Gasteiger partial charge is 0.388 e. The van der Waals surface area contributed by atoms with E-state index in [0.29, 0.717) is 11.4 Å². The summed E-state index contributed by atoms with van der Waals surface area (Å²) in [6, 6.07) is 3.34. The number of carbonyl (C=O) groups is 1. The lowest BCUT2D eigenvalue weighted by atomic mass is 9.88. The Morgan fingerprint density at radius 2 is 2.27 bits per heavy atom. The van der Waals surface area contributed by atoms with Crippen molar-refractivity contribution in [2.24, 2.45) is 5.92 Å². The van der Waals surface area contributed by atoms with Crippen molar-refractivity contribution in [3.63, 3.8) is 0 Å². The standard InChI is InChI=1S/C16H22N4O2/c1-4-12(2)16(3,22)10-19-15(21)13-5-6-18-14(9-13)20-8-7-17-11-20/h5-9,11-12,22H,4,10H2,1-3H3,(H,19,21). The normalized spacial score (nSPS) is 15.1. The summed E-state index contributed by atoms with van der Waals surface area (Å²) in [5.74, 6) is 0.498. The zero-order valence-electron chi connectivity index (χ0n) is 13.2. The summed E-state index contributed by atoms with van der Waals surface area (Å²) in [6.45, 7) is 5.94. The molecule has 0 aliphatic heterocycles. The molecular weight excluding hydrogens is 280 g/mol. The predicted octanol–water partition coefficient (Wildman–Crippen LogP) is 1.79. The number of hydrogen-bond donors (Lipinski definition) is 2. The van der Waals surface area contributed by atoms with Gasteiger partial charge >= 0.3 is 0 Å². The van der Waals surface area contributed by atoms with Gasteiger partial charge < -0.3 is 10.4 Å². The Morgan fingerprint density at radius 1 is 1.50 bits per heavy atom. The van der Waals surface area contributed by atoms with Crippen molar-refractivity contribution in [3.05, 3.63) is 42.6 Å². The van der Waals surface area contributed by atoms with Crippen molar-refractivity contribution < 1.29 is 9.90 Å². The van der Waals surface area contributed by atoms with Gasteiger partial charge in [0.2, 0.25) is 0 Å². The highest BCUT2D eigenvalue weighted by molar-refractivity contribution is 5.94. The highest BCUT2D eigenvalue weighted by Gasteiger charge is 2.27.